The Bertz CT molecular complexity index is 949. The van der Waals surface area contributed by atoms with Gasteiger partial charge in [0.15, 0.2) is 0 Å². The Morgan fingerprint density at radius 2 is 1.69 bits per heavy atom. The average molecular weight is 392 g/mol. The van der Waals surface area contributed by atoms with Crippen molar-refractivity contribution < 1.29 is 13.9 Å². The van der Waals surface area contributed by atoms with Gasteiger partial charge in [-0.1, -0.05) is 42.5 Å². The molecule has 29 heavy (non-hydrogen) atoms. The van der Waals surface area contributed by atoms with Gasteiger partial charge >= 0.3 is 11.8 Å². The summed E-state index contributed by atoms with van der Waals surface area (Å²) in [6.07, 6.45) is 1.42. The highest BCUT2D eigenvalue weighted by Gasteiger charge is 2.27. The SMILES string of the molecule is COc1ccccc1N1CCN(C(=O)c2nnc(CCc3ccccc3)o2)CC1. The lowest BCUT2D eigenvalue weighted by Gasteiger charge is -2.36. The molecule has 150 valence electrons. The molecule has 1 aliphatic rings. The number of methoxy groups -OCH3 is 1. The van der Waals surface area contributed by atoms with E-state index in [1.54, 1.807) is 12.0 Å². The van der Waals surface area contributed by atoms with Crippen LogP contribution in [-0.4, -0.2) is 54.3 Å². The van der Waals surface area contributed by atoms with E-state index in [9.17, 15) is 4.79 Å². The minimum absolute atomic E-state index is 0.0683. The molecule has 0 saturated carbocycles. The van der Waals surface area contributed by atoms with Crippen LogP contribution in [0.3, 0.4) is 0 Å². The number of hydrogen-bond acceptors (Lipinski definition) is 6. The van der Waals surface area contributed by atoms with E-state index < -0.39 is 0 Å². The summed E-state index contributed by atoms with van der Waals surface area (Å²) < 4.78 is 11.1. The molecule has 2 heterocycles. The Morgan fingerprint density at radius 1 is 0.966 bits per heavy atom. The number of anilines is 1. The lowest BCUT2D eigenvalue weighted by molar-refractivity contribution is 0.0704. The summed E-state index contributed by atoms with van der Waals surface area (Å²) in [4.78, 5) is 16.7. The van der Waals surface area contributed by atoms with Crippen molar-refractivity contribution in [3.63, 3.8) is 0 Å². The number of carbonyl (C=O) groups excluding carboxylic acids is 1. The molecule has 0 unspecified atom stereocenters. The molecule has 1 amide bonds. The van der Waals surface area contributed by atoms with Crippen molar-refractivity contribution in [2.75, 3.05) is 38.2 Å². The first-order valence-corrected chi connectivity index (χ1v) is 9.78. The highest BCUT2D eigenvalue weighted by atomic mass is 16.5. The van der Waals surface area contributed by atoms with Gasteiger partial charge in [0, 0.05) is 32.6 Å². The zero-order chi connectivity index (χ0) is 20.1. The predicted molar refractivity (Wildman–Crippen MR) is 109 cm³/mol. The number of para-hydroxylation sites is 2. The number of hydrogen-bond donors (Lipinski definition) is 0. The summed E-state index contributed by atoms with van der Waals surface area (Å²) in [5.74, 6) is 1.19. The van der Waals surface area contributed by atoms with E-state index in [1.807, 2.05) is 42.5 Å². The van der Waals surface area contributed by atoms with Crippen LogP contribution in [0.15, 0.2) is 59.0 Å². The first-order valence-electron chi connectivity index (χ1n) is 9.78. The van der Waals surface area contributed by atoms with E-state index in [1.165, 1.54) is 5.56 Å². The van der Waals surface area contributed by atoms with Gasteiger partial charge in [-0.15, -0.1) is 10.2 Å². The van der Waals surface area contributed by atoms with Crippen LogP contribution in [0.1, 0.15) is 22.1 Å². The quantitative estimate of drug-likeness (QED) is 0.642. The monoisotopic (exact) mass is 392 g/mol. The number of amides is 1. The van der Waals surface area contributed by atoms with E-state index in [0.29, 0.717) is 25.4 Å². The number of nitrogens with zero attached hydrogens (tertiary/aromatic N) is 4. The van der Waals surface area contributed by atoms with Crippen LogP contribution in [0.2, 0.25) is 0 Å². The predicted octanol–water partition coefficient (Wildman–Crippen LogP) is 2.83. The molecule has 0 atom stereocenters. The third-order valence-electron chi connectivity index (χ3n) is 5.11. The summed E-state index contributed by atoms with van der Waals surface area (Å²) >= 11 is 0. The van der Waals surface area contributed by atoms with Gasteiger partial charge in [-0.2, -0.15) is 0 Å². The first kappa shape index (κ1) is 19.0. The highest BCUT2D eigenvalue weighted by Crippen LogP contribution is 2.28. The van der Waals surface area contributed by atoms with E-state index in [0.717, 1.165) is 30.9 Å². The molecule has 0 aliphatic carbocycles. The van der Waals surface area contributed by atoms with Crippen molar-refractivity contribution in [3.8, 4) is 5.75 Å². The van der Waals surface area contributed by atoms with Crippen molar-refractivity contribution >= 4 is 11.6 Å². The van der Waals surface area contributed by atoms with E-state index in [-0.39, 0.29) is 11.8 Å². The van der Waals surface area contributed by atoms with Crippen LogP contribution in [-0.2, 0) is 12.8 Å². The summed E-state index contributed by atoms with van der Waals surface area (Å²) in [5.41, 5.74) is 2.24. The fourth-order valence-corrected chi connectivity index (χ4v) is 3.51. The number of ether oxygens (including phenoxy) is 1. The fourth-order valence-electron chi connectivity index (χ4n) is 3.51. The van der Waals surface area contributed by atoms with Crippen molar-refractivity contribution in [2.45, 2.75) is 12.8 Å². The molecule has 0 bridgehead atoms. The van der Waals surface area contributed by atoms with Crippen LogP contribution in [0.5, 0.6) is 5.75 Å². The van der Waals surface area contributed by atoms with Gasteiger partial charge in [0.2, 0.25) is 5.89 Å². The maximum Gasteiger partial charge on any atom is 0.311 e. The smallest absolute Gasteiger partial charge is 0.311 e. The molecular formula is C22H24N4O3. The van der Waals surface area contributed by atoms with Gasteiger partial charge < -0.3 is 19.0 Å². The van der Waals surface area contributed by atoms with Gasteiger partial charge in [0.1, 0.15) is 5.75 Å². The van der Waals surface area contributed by atoms with Crippen molar-refractivity contribution in [3.05, 3.63) is 71.9 Å². The fraction of sp³-hybridized carbons (Fsp3) is 0.318. The molecule has 0 spiro atoms. The molecule has 0 N–H and O–H groups in total. The van der Waals surface area contributed by atoms with Crippen molar-refractivity contribution in [2.24, 2.45) is 0 Å². The largest absolute Gasteiger partial charge is 0.495 e. The molecular weight excluding hydrogens is 368 g/mol. The zero-order valence-corrected chi connectivity index (χ0v) is 16.5. The zero-order valence-electron chi connectivity index (χ0n) is 16.5. The minimum Gasteiger partial charge on any atom is -0.495 e. The summed E-state index contributed by atoms with van der Waals surface area (Å²) in [6.45, 7) is 2.64. The van der Waals surface area contributed by atoms with Crippen LogP contribution in [0, 0.1) is 0 Å². The van der Waals surface area contributed by atoms with Crippen LogP contribution < -0.4 is 9.64 Å². The maximum absolute atomic E-state index is 12.7. The minimum atomic E-state index is -0.205. The molecule has 1 fully saturated rings. The molecule has 2 aromatic carbocycles. The van der Waals surface area contributed by atoms with Crippen molar-refractivity contribution in [1.29, 1.82) is 0 Å². The second-order valence-electron chi connectivity index (χ2n) is 6.94. The Morgan fingerprint density at radius 3 is 2.45 bits per heavy atom. The van der Waals surface area contributed by atoms with Gasteiger partial charge in [0.25, 0.3) is 0 Å². The summed E-state index contributed by atoms with van der Waals surface area (Å²) in [6, 6.07) is 18.0. The number of aryl methyl sites for hydroxylation is 2. The lowest BCUT2D eigenvalue weighted by atomic mass is 10.1. The standard InChI is InChI=1S/C22H24N4O3/c1-28-19-10-6-5-9-18(19)25-13-15-26(16-14-25)22(27)21-24-23-20(29-21)12-11-17-7-3-2-4-8-17/h2-10H,11-16H2,1H3. The van der Waals surface area contributed by atoms with Crippen molar-refractivity contribution in [1.82, 2.24) is 15.1 Å². The molecule has 0 radical (unpaired) electrons. The Balaban J connectivity index is 1.33. The number of carbonyl (C=O) groups is 1. The number of piperazine rings is 1. The molecule has 4 rings (SSSR count). The second kappa shape index (κ2) is 8.77. The number of rotatable bonds is 6. The maximum atomic E-state index is 12.7. The Labute approximate surface area is 169 Å². The molecule has 7 heteroatoms. The lowest BCUT2D eigenvalue weighted by Crippen LogP contribution is -2.49. The Hall–Kier alpha value is -3.35. The molecule has 7 nitrogen and oxygen atoms in total. The van der Waals surface area contributed by atoms with Gasteiger partial charge in [-0.25, -0.2) is 0 Å². The first-order chi connectivity index (χ1) is 14.2. The Kier molecular flexibility index (Phi) is 5.74. The summed E-state index contributed by atoms with van der Waals surface area (Å²) in [5, 5.41) is 8.01. The van der Waals surface area contributed by atoms with Crippen LogP contribution in [0.25, 0.3) is 0 Å². The second-order valence-corrected chi connectivity index (χ2v) is 6.94. The highest BCUT2D eigenvalue weighted by molar-refractivity contribution is 5.89. The third-order valence-corrected chi connectivity index (χ3v) is 5.11. The van der Waals surface area contributed by atoms with Crippen LogP contribution >= 0.6 is 0 Å². The van der Waals surface area contributed by atoms with E-state index >= 15 is 0 Å². The van der Waals surface area contributed by atoms with E-state index in [4.69, 9.17) is 9.15 Å². The van der Waals surface area contributed by atoms with Gasteiger partial charge in [-0.05, 0) is 24.1 Å². The normalized spacial score (nSPS) is 14.1. The average Bonchev–Trinajstić information content (AvgIpc) is 3.27. The molecule has 1 aliphatic heterocycles. The van der Waals surface area contributed by atoms with Gasteiger partial charge in [-0.3, -0.25) is 4.79 Å². The molecule has 1 aromatic heterocycles. The number of aromatic nitrogens is 2. The molecule has 1 saturated heterocycles. The van der Waals surface area contributed by atoms with Crippen LogP contribution in [0.4, 0.5) is 5.69 Å². The van der Waals surface area contributed by atoms with E-state index in [2.05, 4.69) is 27.2 Å². The molecule has 3 aromatic rings. The third kappa shape index (κ3) is 4.39. The van der Waals surface area contributed by atoms with Gasteiger partial charge in [0.05, 0.1) is 12.8 Å². The number of benzene rings is 2. The topological polar surface area (TPSA) is 71.7 Å². The summed E-state index contributed by atoms with van der Waals surface area (Å²) in [7, 11) is 1.67.